The predicted octanol–water partition coefficient (Wildman–Crippen LogP) is 4.67. The third-order valence-electron chi connectivity index (χ3n) is 7.64. The van der Waals surface area contributed by atoms with Crippen LogP contribution in [0.3, 0.4) is 0 Å². The summed E-state index contributed by atoms with van der Waals surface area (Å²) in [7, 11) is 0. The molecule has 1 saturated heterocycles. The summed E-state index contributed by atoms with van der Waals surface area (Å²) in [6.45, 7) is 5.08. The molecule has 0 unspecified atom stereocenters. The van der Waals surface area contributed by atoms with E-state index in [0.29, 0.717) is 40.0 Å². The summed E-state index contributed by atoms with van der Waals surface area (Å²) in [5, 5.41) is 6.74. The van der Waals surface area contributed by atoms with Crippen molar-refractivity contribution in [3.63, 3.8) is 0 Å². The van der Waals surface area contributed by atoms with E-state index >= 15 is 0 Å². The number of fused-ring (bicyclic) bond motifs is 2. The van der Waals surface area contributed by atoms with Crippen LogP contribution in [0.4, 0.5) is 21.5 Å². The molecule has 0 radical (unpaired) electrons. The largest absolute Gasteiger partial charge is 0.485 e. The number of anilines is 3. The number of ether oxygens (including phenoxy) is 1. The van der Waals surface area contributed by atoms with Crippen molar-refractivity contribution in [1.82, 2.24) is 19.4 Å². The van der Waals surface area contributed by atoms with Gasteiger partial charge in [-0.05, 0) is 45.0 Å². The van der Waals surface area contributed by atoms with Gasteiger partial charge >= 0.3 is 0 Å². The Morgan fingerprint density at radius 1 is 1.12 bits per heavy atom. The van der Waals surface area contributed by atoms with E-state index < -0.39 is 29.6 Å². The summed E-state index contributed by atoms with van der Waals surface area (Å²) in [4.78, 5) is 48.7. The van der Waals surface area contributed by atoms with Gasteiger partial charge in [-0.25, -0.2) is 14.4 Å². The molecule has 0 spiro atoms. The van der Waals surface area contributed by atoms with Crippen molar-refractivity contribution >= 4 is 45.6 Å². The van der Waals surface area contributed by atoms with Crippen LogP contribution in [0.25, 0.3) is 10.9 Å². The lowest BCUT2D eigenvalue weighted by atomic mass is 10.0. The van der Waals surface area contributed by atoms with E-state index in [-0.39, 0.29) is 25.3 Å². The number of halogens is 1. The number of ketones is 1. The molecule has 4 aromatic rings. The molecule has 2 aromatic carbocycles. The van der Waals surface area contributed by atoms with Crippen LogP contribution in [0.15, 0.2) is 61.3 Å². The monoisotopic (exact) mass is 570 g/mol. The molecular weight excluding hydrogens is 539 g/mol. The Hall–Kier alpha value is -4.80. The van der Waals surface area contributed by atoms with Gasteiger partial charge in [0.1, 0.15) is 36.4 Å². The maximum Gasteiger partial charge on any atom is 0.247 e. The molecule has 11 heteroatoms. The van der Waals surface area contributed by atoms with Gasteiger partial charge in [-0.15, -0.1) is 0 Å². The Labute approximate surface area is 241 Å². The molecule has 42 heavy (non-hydrogen) atoms. The van der Waals surface area contributed by atoms with Crippen molar-refractivity contribution in [2.45, 2.75) is 58.0 Å². The molecule has 0 saturated carbocycles. The molecular formula is C31H31FN6O4. The molecule has 216 valence electrons. The Kier molecular flexibility index (Phi) is 6.88. The minimum Gasteiger partial charge on any atom is -0.485 e. The van der Waals surface area contributed by atoms with E-state index in [9.17, 15) is 18.8 Å². The van der Waals surface area contributed by atoms with Gasteiger partial charge < -0.3 is 24.8 Å². The minimum atomic E-state index is -1.33. The van der Waals surface area contributed by atoms with Crippen LogP contribution in [0.2, 0.25) is 0 Å². The lowest BCUT2D eigenvalue weighted by Crippen LogP contribution is -2.44. The lowest BCUT2D eigenvalue weighted by Gasteiger charge is -2.24. The number of likely N-dealkylation sites (tertiary alicyclic amines) is 1. The highest BCUT2D eigenvalue weighted by Gasteiger charge is 2.41. The highest BCUT2D eigenvalue weighted by Crippen LogP contribution is 2.40. The first-order valence-corrected chi connectivity index (χ1v) is 13.8. The number of amides is 2. The number of aromatic nitrogens is 3. The zero-order valence-electron chi connectivity index (χ0n) is 23.6. The predicted molar refractivity (Wildman–Crippen MR) is 156 cm³/mol. The summed E-state index contributed by atoms with van der Waals surface area (Å²) in [5.41, 5.74) is 3.62. The Bertz CT molecular complexity index is 1700. The normalized spacial score (nSPS) is 18.9. The van der Waals surface area contributed by atoms with E-state index in [1.54, 1.807) is 29.2 Å². The minimum absolute atomic E-state index is 0.0949. The van der Waals surface area contributed by atoms with E-state index in [1.807, 2.05) is 44.2 Å². The van der Waals surface area contributed by atoms with Crippen LogP contribution in [-0.4, -0.2) is 61.4 Å². The van der Waals surface area contributed by atoms with Crippen LogP contribution in [0.1, 0.15) is 43.1 Å². The second-order valence-corrected chi connectivity index (χ2v) is 11.4. The standard InChI is InChI=1S/C31H31FN6O4/c1-18(39)24-15-37(26-8-7-21(10-23(24)26)35-22-12-33-17-34-13-22)16-28(40)38-14-20(32)9-27(38)30(41)36-25-6-4-5-19-11-31(2,3)42-29(19)25/h4-8,10,12-13,15,17,20,27,35H,9,11,14,16H2,1-3H3,(H,36,41)/t20-,27+/m1/s1. The number of nitrogens with zero attached hydrogens (tertiary/aromatic N) is 4. The molecule has 2 amide bonds. The van der Waals surface area contributed by atoms with Gasteiger partial charge in [0.25, 0.3) is 0 Å². The summed E-state index contributed by atoms with van der Waals surface area (Å²) in [6, 6.07) is 10.0. The van der Waals surface area contributed by atoms with E-state index in [1.165, 1.54) is 18.2 Å². The van der Waals surface area contributed by atoms with Gasteiger partial charge in [-0.2, -0.15) is 0 Å². The molecule has 10 nitrogen and oxygen atoms in total. The zero-order valence-corrected chi connectivity index (χ0v) is 23.6. The number of carbonyl (C=O) groups excluding carboxylic acids is 3. The van der Waals surface area contributed by atoms with E-state index in [0.717, 1.165) is 11.3 Å². The number of benzene rings is 2. The quantitative estimate of drug-likeness (QED) is 0.310. The van der Waals surface area contributed by atoms with Gasteiger partial charge in [0.05, 0.1) is 30.3 Å². The Morgan fingerprint density at radius 2 is 1.90 bits per heavy atom. The average Bonchev–Trinajstić information content (AvgIpc) is 3.61. The average molecular weight is 571 g/mol. The van der Waals surface area contributed by atoms with Crippen molar-refractivity contribution in [1.29, 1.82) is 0 Å². The van der Waals surface area contributed by atoms with Crippen molar-refractivity contribution in [3.8, 4) is 5.75 Å². The lowest BCUT2D eigenvalue weighted by molar-refractivity contribution is -0.137. The molecule has 2 atom stereocenters. The highest BCUT2D eigenvalue weighted by atomic mass is 19.1. The van der Waals surface area contributed by atoms with Gasteiger partial charge in [-0.1, -0.05) is 12.1 Å². The number of nitrogens with one attached hydrogen (secondary N) is 2. The number of rotatable bonds is 7. The first-order chi connectivity index (χ1) is 20.1. The summed E-state index contributed by atoms with van der Waals surface area (Å²) in [5.74, 6) is -0.434. The van der Waals surface area contributed by atoms with Gasteiger partial charge in [-0.3, -0.25) is 14.4 Å². The van der Waals surface area contributed by atoms with Crippen molar-refractivity contribution in [3.05, 3.63) is 72.4 Å². The van der Waals surface area contributed by atoms with Crippen molar-refractivity contribution in [2.75, 3.05) is 17.2 Å². The number of alkyl halides is 1. The number of para-hydroxylation sites is 1. The van der Waals surface area contributed by atoms with E-state index in [2.05, 4.69) is 20.6 Å². The maximum atomic E-state index is 14.7. The summed E-state index contributed by atoms with van der Waals surface area (Å²) >= 11 is 0. The topological polar surface area (TPSA) is 118 Å². The number of hydrogen-bond acceptors (Lipinski definition) is 7. The Morgan fingerprint density at radius 3 is 2.67 bits per heavy atom. The first kappa shape index (κ1) is 27.4. The van der Waals surface area contributed by atoms with Crippen LogP contribution in [0.5, 0.6) is 5.75 Å². The molecule has 1 fully saturated rings. The molecule has 2 aliphatic heterocycles. The SMILES string of the molecule is CC(=O)c1cn(CC(=O)N2C[C@H](F)C[C@H]2C(=O)Nc2cccc3c2OC(C)(C)C3)c2ccc(Nc3cncnc3)cc12. The van der Waals surface area contributed by atoms with Gasteiger partial charge in [0, 0.05) is 46.8 Å². The maximum absolute atomic E-state index is 14.7. The summed E-state index contributed by atoms with van der Waals surface area (Å²) < 4.78 is 22.4. The third kappa shape index (κ3) is 5.29. The number of Topliss-reactive ketones (excluding diaryl/α,β-unsaturated/α-hetero) is 1. The molecule has 2 N–H and O–H groups in total. The second kappa shape index (κ2) is 10.6. The first-order valence-electron chi connectivity index (χ1n) is 13.8. The van der Waals surface area contributed by atoms with Crippen LogP contribution < -0.4 is 15.4 Å². The highest BCUT2D eigenvalue weighted by molar-refractivity contribution is 6.08. The number of carbonyl (C=O) groups is 3. The molecule has 0 bridgehead atoms. The molecule has 2 aromatic heterocycles. The van der Waals surface area contributed by atoms with Crippen molar-refractivity contribution in [2.24, 2.45) is 0 Å². The smallest absolute Gasteiger partial charge is 0.247 e. The fourth-order valence-corrected chi connectivity index (χ4v) is 5.79. The molecule has 2 aliphatic rings. The van der Waals surface area contributed by atoms with Crippen LogP contribution >= 0.6 is 0 Å². The van der Waals surface area contributed by atoms with E-state index in [4.69, 9.17) is 4.74 Å². The number of hydrogen-bond donors (Lipinski definition) is 2. The summed E-state index contributed by atoms with van der Waals surface area (Å²) in [6.07, 6.45) is 5.61. The van der Waals surface area contributed by atoms with Crippen molar-refractivity contribution < 1.29 is 23.5 Å². The molecule has 6 rings (SSSR count). The zero-order chi connectivity index (χ0) is 29.6. The Balaban J connectivity index is 1.22. The second-order valence-electron chi connectivity index (χ2n) is 11.4. The fourth-order valence-electron chi connectivity index (χ4n) is 5.79. The molecule has 0 aliphatic carbocycles. The van der Waals surface area contributed by atoms with Gasteiger partial charge in [0.2, 0.25) is 11.8 Å². The van der Waals surface area contributed by atoms with Crippen LogP contribution in [-0.2, 0) is 22.6 Å². The van der Waals surface area contributed by atoms with Crippen LogP contribution in [0, 0.1) is 0 Å². The third-order valence-corrected chi connectivity index (χ3v) is 7.64. The molecule has 4 heterocycles. The fraction of sp³-hybridized carbons (Fsp3) is 0.323. The van der Waals surface area contributed by atoms with Gasteiger partial charge in [0.15, 0.2) is 5.78 Å².